The SMILES string of the molecule is COCCn1nc(C(F)(F)F)cc1C(C)(C)C. The number of hydrogen-bond acceptors (Lipinski definition) is 2. The highest BCUT2D eigenvalue weighted by atomic mass is 19.4. The molecular weight excluding hydrogens is 233 g/mol. The summed E-state index contributed by atoms with van der Waals surface area (Å²) < 4.78 is 44.0. The summed E-state index contributed by atoms with van der Waals surface area (Å²) in [6.45, 7) is 6.22. The van der Waals surface area contributed by atoms with E-state index >= 15 is 0 Å². The maximum atomic E-state index is 12.6. The molecule has 17 heavy (non-hydrogen) atoms. The summed E-state index contributed by atoms with van der Waals surface area (Å²) in [5, 5.41) is 3.60. The normalized spacial score (nSPS) is 13.1. The largest absolute Gasteiger partial charge is 0.435 e. The van der Waals surface area contributed by atoms with Crippen molar-refractivity contribution < 1.29 is 17.9 Å². The van der Waals surface area contributed by atoms with Gasteiger partial charge in [-0.1, -0.05) is 20.8 Å². The van der Waals surface area contributed by atoms with Crippen LogP contribution in [0.4, 0.5) is 13.2 Å². The van der Waals surface area contributed by atoms with Crippen LogP contribution in [0.1, 0.15) is 32.2 Å². The Morgan fingerprint density at radius 1 is 1.29 bits per heavy atom. The lowest BCUT2D eigenvalue weighted by Gasteiger charge is -2.19. The molecule has 0 unspecified atom stereocenters. The third kappa shape index (κ3) is 3.46. The van der Waals surface area contributed by atoms with Crippen molar-refractivity contribution in [2.45, 2.75) is 38.9 Å². The predicted octanol–water partition coefficient (Wildman–Crippen LogP) is 2.85. The third-order valence-corrected chi connectivity index (χ3v) is 2.35. The minimum Gasteiger partial charge on any atom is -0.383 e. The third-order valence-electron chi connectivity index (χ3n) is 2.35. The van der Waals surface area contributed by atoms with Crippen molar-refractivity contribution in [3.63, 3.8) is 0 Å². The van der Waals surface area contributed by atoms with E-state index in [0.29, 0.717) is 18.8 Å². The molecule has 0 bridgehead atoms. The minimum absolute atomic E-state index is 0.319. The van der Waals surface area contributed by atoms with Gasteiger partial charge < -0.3 is 4.74 Å². The monoisotopic (exact) mass is 250 g/mol. The van der Waals surface area contributed by atoms with Crippen LogP contribution in [-0.4, -0.2) is 23.5 Å². The van der Waals surface area contributed by atoms with E-state index in [4.69, 9.17) is 4.74 Å². The molecular formula is C11H17F3N2O. The fourth-order valence-corrected chi connectivity index (χ4v) is 1.51. The second-order valence-electron chi connectivity index (χ2n) is 4.88. The molecule has 0 aliphatic rings. The quantitative estimate of drug-likeness (QED) is 0.824. The van der Waals surface area contributed by atoms with Crippen molar-refractivity contribution in [1.29, 1.82) is 0 Å². The number of alkyl halides is 3. The highest BCUT2D eigenvalue weighted by molar-refractivity contribution is 5.20. The van der Waals surface area contributed by atoms with Gasteiger partial charge in [-0.2, -0.15) is 18.3 Å². The second-order valence-corrected chi connectivity index (χ2v) is 4.88. The standard InChI is InChI=1S/C11H17F3N2O/c1-10(2,3)9-7-8(11(12,13)14)15-16(9)5-6-17-4/h7H,5-6H2,1-4H3. The highest BCUT2D eigenvalue weighted by Crippen LogP contribution is 2.32. The van der Waals surface area contributed by atoms with Gasteiger partial charge in [0.05, 0.1) is 13.2 Å². The molecule has 0 spiro atoms. The lowest BCUT2D eigenvalue weighted by Crippen LogP contribution is -2.20. The molecule has 1 heterocycles. The first-order valence-electron chi connectivity index (χ1n) is 5.30. The topological polar surface area (TPSA) is 27.1 Å². The van der Waals surface area contributed by atoms with Crippen molar-refractivity contribution in [3.8, 4) is 0 Å². The molecule has 0 aliphatic heterocycles. The molecule has 0 radical (unpaired) electrons. The van der Waals surface area contributed by atoms with Crippen molar-refractivity contribution in [2.24, 2.45) is 0 Å². The summed E-state index contributed by atoms with van der Waals surface area (Å²) >= 11 is 0. The Hall–Kier alpha value is -1.04. The molecule has 1 aromatic rings. The van der Waals surface area contributed by atoms with Crippen LogP contribution in [0.5, 0.6) is 0 Å². The smallest absolute Gasteiger partial charge is 0.383 e. The molecule has 6 heteroatoms. The van der Waals surface area contributed by atoms with Crippen molar-refractivity contribution in [3.05, 3.63) is 17.5 Å². The summed E-state index contributed by atoms with van der Waals surface area (Å²) in [7, 11) is 1.50. The number of nitrogens with zero attached hydrogens (tertiary/aromatic N) is 2. The molecule has 98 valence electrons. The van der Waals surface area contributed by atoms with E-state index in [1.54, 1.807) is 0 Å². The van der Waals surface area contributed by atoms with Gasteiger partial charge in [-0.25, -0.2) is 0 Å². The van der Waals surface area contributed by atoms with Gasteiger partial charge in [0.25, 0.3) is 0 Å². The molecule has 0 saturated heterocycles. The van der Waals surface area contributed by atoms with Crippen LogP contribution in [0.2, 0.25) is 0 Å². The van der Waals surface area contributed by atoms with E-state index in [-0.39, 0.29) is 5.41 Å². The number of halogens is 3. The lowest BCUT2D eigenvalue weighted by molar-refractivity contribution is -0.141. The maximum Gasteiger partial charge on any atom is 0.435 e. The Bertz CT molecular complexity index is 377. The Balaban J connectivity index is 3.13. The lowest BCUT2D eigenvalue weighted by atomic mass is 9.92. The van der Waals surface area contributed by atoms with Gasteiger partial charge in [0, 0.05) is 18.2 Å². The molecule has 0 N–H and O–H groups in total. The summed E-state index contributed by atoms with van der Waals surface area (Å²) in [6.07, 6.45) is -4.40. The van der Waals surface area contributed by atoms with E-state index in [9.17, 15) is 13.2 Å². The average Bonchev–Trinajstić information content (AvgIpc) is 2.56. The Kier molecular flexibility index (Phi) is 3.86. The van der Waals surface area contributed by atoms with E-state index in [2.05, 4.69) is 5.10 Å². The average molecular weight is 250 g/mol. The number of methoxy groups -OCH3 is 1. The Labute approximate surface area is 98.6 Å². The fraction of sp³-hybridized carbons (Fsp3) is 0.727. The first-order chi connectivity index (χ1) is 7.66. The summed E-state index contributed by atoms with van der Waals surface area (Å²) in [6, 6.07) is 1.11. The molecule has 1 rings (SSSR count). The molecule has 1 aromatic heterocycles. The predicted molar refractivity (Wildman–Crippen MR) is 57.8 cm³/mol. The molecule has 0 fully saturated rings. The van der Waals surface area contributed by atoms with E-state index in [0.717, 1.165) is 6.07 Å². The van der Waals surface area contributed by atoms with Gasteiger partial charge >= 0.3 is 6.18 Å². The zero-order chi connectivity index (χ0) is 13.3. The summed E-state index contributed by atoms with van der Waals surface area (Å²) in [5.41, 5.74) is -0.676. The number of rotatable bonds is 3. The Morgan fingerprint density at radius 3 is 2.29 bits per heavy atom. The van der Waals surface area contributed by atoms with Gasteiger partial charge in [0.2, 0.25) is 0 Å². The van der Waals surface area contributed by atoms with Crippen molar-refractivity contribution in [1.82, 2.24) is 9.78 Å². The van der Waals surface area contributed by atoms with Gasteiger partial charge in [-0.3, -0.25) is 4.68 Å². The molecule has 0 saturated carbocycles. The highest BCUT2D eigenvalue weighted by Gasteiger charge is 2.36. The summed E-state index contributed by atoms with van der Waals surface area (Å²) in [4.78, 5) is 0. The van der Waals surface area contributed by atoms with Gasteiger partial charge in [-0.15, -0.1) is 0 Å². The minimum atomic E-state index is -4.40. The zero-order valence-corrected chi connectivity index (χ0v) is 10.4. The summed E-state index contributed by atoms with van der Waals surface area (Å²) in [5.74, 6) is 0. The van der Waals surface area contributed by atoms with Crippen LogP contribution in [0.25, 0.3) is 0 Å². The molecule has 0 amide bonds. The van der Waals surface area contributed by atoms with Crippen LogP contribution in [0.15, 0.2) is 6.07 Å². The van der Waals surface area contributed by atoms with Crippen molar-refractivity contribution in [2.75, 3.05) is 13.7 Å². The van der Waals surface area contributed by atoms with Crippen LogP contribution in [0, 0.1) is 0 Å². The first kappa shape index (κ1) is 14.0. The van der Waals surface area contributed by atoms with Gasteiger partial charge in [-0.05, 0) is 6.07 Å². The maximum absolute atomic E-state index is 12.6. The Morgan fingerprint density at radius 2 is 1.88 bits per heavy atom. The molecule has 3 nitrogen and oxygen atoms in total. The zero-order valence-electron chi connectivity index (χ0n) is 10.4. The van der Waals surface area contributed by atoms with Crippen molar-refractivity contribution >= 4 is 0 Å². The number of aromatic nitrogens is 2. The van der Waals surface area contributed by atoms with E-state index < -0.39 is 11.9 Å². The first-order valence-corrected chi connectivity index (χ1v) is 5.30. The number of hydrogen-bond donors (Lipinski definition) is 0. The molecule has 0 atom stereocenters. The van der Waals surface area contributed by atoms with Crippen LogP contribution >= 0.6 is 0 Å². The van der Waals surface area contributed by atoms with Crippen LogP contribution in [0.3, 0.4) is 0 Å². The fourth-order valence-electron chi connectivity index (χ4n) is 1.51. The second kappa shape index (κ2) is 4.68. The van der Waals surface area contributed by atoms with E-state index in [1.165, 1.54) is 11.8 Å². The van der Waals surface area contributed by atoms with Crippen LogP contribution in [-0.2, 0) is 22.9 Å². The van der Waals surface area contributed by atoms with Gasteiger partial charge in [0.1, 0.15) is 0 Å². The van der Waals surface area contributed by atoms with Gasteiger partial charge in [0.15, 0.2) is 5.69 Å². The van der Waals surface area contributed by atoms with E-state index in [1.807, 2.05) is 20.8 Å². The molecule has 0 aliphatic carbocycles. The van der Waals surface area contributed by atoms with Crippen LogP contribution < -0.4 is 0 Å². The number of ether oxygens (including phenoxy) is 1. The molecule has 0 aromatic carbocycles.